The van der Waals surface area contributed by atoms with Crippen molar-refractivity contribution >= 4 is 17.5 Å². The number of carbonyl (C=O) groups is 1. The van der Waals surface area contributed by atoms with Crippen LogP contribution < -0.4 is 14.2 Å². The quantitative estimate of drug-likeness (QED) is 0.284. The Kier molecular flexibility index (Phi) is 6.41. The third-order valence-corrected chi connectivity index (χ3v) is 7.29. The minimum Gasteiger partial charge on any atom is -0.507 e. The third kappa shape index (κ3) is 4.91. The number of hydrogen-bond donors (Lipinski definition) is 1. The fraction of sp³-hybridized carbons (Fsp3) is 0.276. The molecule has 3 aliphatic heterocycles. The molecule has 6 rings (SSSR count). The predicted octanol–water partition coefficient (Wildman–Crippen LogP) is 4.27. The van der Waals surface area contributed by atoms with Gasteiger partial charge in [-0.25, -0.2) is 0 Å². The Hall–Kier alpha value is -4.41. The van der Waals surface area contributed by atoms with Crippen molar-refractivity contribution in [3.8, 4) is 23.0 Å². The number of ether oxygens (including phenoxy) is 3. The molecule has 10 nitrogen and oxygen atoms in total. The summed E-state index contributed by atoms with van der Waals surface area (Å²) in [6.07, 6.45) is 1.50. The van der Waals surface area contributed by atoms with Crippen molar-refractivity contribution in [3.05, 3.63) is 92.2 Å². The van der Waals surface area contributed by atoms with E-state index in [-0.39, 0.29) is 29.8 Å². The first-order chi connectivity index (χ1) is 18.9. The second-order valence-electron chi connectivity index (χ2n) is 9.93. The number of phenols is 1. The maximum atomic E-state index is 13.2. The van der Waals surface area contributed by atoms with Gasteiger partial charge in [-0.3, -0.25) is 24.7 Å². The van der Waals surface area contributed by atoms with E-state index in [4.69, 9.17) is 14.2 Å². The monoisotopic (exact) mass is 529 g/mol. The van der Waals surface area contributed by atoms with E-state index in [0.29, 0.717) is 34.5 Å². The summed E-state index contributed by atoms with van der Waals surface area (Å²) >= 11 is 0. The number of fused-ring (bicyclic) bond motifs is 2. The van der Waals surface area contributed by atoms with Crippen LogP contribution in [0.4, 0.5) is 5.69 Å². The van der Waals surface area contributed by atoms with Crippen molar-refractivity contribution < 1.29 is 29.0 Å². The van der Waals surface area contributed by atoms with E-state index in [9.17, 15) is 20.0 Å². The van der Waals surface area contributed by atoms with Crippen molar-refractivity contribution in [3.63, 3.8) is 0 Å². The first kappa shape index (κ1) is 24.9. The number of hydrogen-bond acceptors (Lipinski definition) is 9. The number of allylic oxidation sites excluding steroid dienone is 1. The highest BCUT2D eigenvalue weighted by atomic mass is 16.7. The number of piperazine rings is 1. The average molecular weight is 530 g/mol. The molecule has 3 aromatic rings. The minimum absolute atomic E-state index is 0.0699. The summed E-state index contributed by atoms with van der Waals surface area (Å²) in [5.41, 5.74) is 3.18. The van der Waals surface area contributed by atoms with E-state index in [0.717, 1.165) is 49.8 Å². The Morgan fingerprint density at radius 2 is 1.74 bits per heavy atom. The van der Waals surface area contributed by atoms with Gasteiger partial charge in [-0.15, -0.1) is 0 Å². The molecule has 3 heterocycles. The highest BCUT2D eigenvalue weighted by Crippen LogP contribution is 2.42. The fourth-order valence-corrected chi connectivity index (χ4v) is 5.24. The van der Waals surface area contributed by atoms with E-state index >= 15 is 0 Å². The number of nitrogens with zero attached hydrogens (tertiary/aromatic N) is 3. The van der Waals surface area contributed by atoms with E-state index < -0.39 is 4.92 Å². The summed E-state index contributed by atoms with van der Waals surface area (Å²) in [4.78, 5) is 28.5. The molecule has 10 heteroatoms. The van der Waals surface area contributed by atoms with Gasteiger partial charge >= 0.3 is 0 Å². The zero-order chi connectivity index (χ0) is 27.1. The van der Waals surface area contributed by atoms with Crippen molar-refractivity contribution in [1.82, 2.24) is 9.80 Å². The van der Waals surface area contributed by atoms with Crippen LogP contribution in [0.25, 0.3) is 6.08 Å². The Labute approximate surface area is 224 Å². The molecule has 0 atom stereocenters. The molecule has 200 valence electrons. The summed E-state index contributed by atoms with van der Waals surface area (Å²) in [6.45, 7) is 6.53. The normalized spacial score (nSPS) is 17.9. The van der Waals surface area contributed by atoms with Gasteiger partial charge in [0.05, 0.1) is 16.1 Å². The molecule has 1 saturated heterocycles. The average Bonchev–Trinajstić information content (AvgIpc) is 3.52. The van der Waals surface area contributed by atoms with Crippen LogP contribution >= 0.6 is 0 Å². The molecular weight excluding hydrogens is 502 g/mol. The topological polar surface area (TPSA) is 115 Å². The van der Waals surface area contributed by atoms with Gasteiger partial charge in [-0.1, -0.05) is 18.2 Å². The summed E-state index contributed by atoms with van der Waals surface area (Å²) in [7, 11) is 0. The third-order valence-electron chi connectivity index (χ3n) is 7.29. The van der Waals surface area contributed by atoms with Crippen molar-refractivity contribution in [2.24, 2.45) is 0 Å². The van der Waals surface area contributed by atoms with Crippen LogP contribution in [0.1, 0.15) is 32.6 Å². The SMILES string of the molecule is Cc1cc(O)c(CN2CCN(Cc3ccc4c(c3)OCO4)CC2)c2c1C(=O)/C(=C/c1cccc([N+](=O)[O-])c1)O2. The Morgan fingerprint density at radius 3 is 2.51 bits per heavy atom. The lowest BCUT2D eigenvalue weighted by Crippen LogP contribution is -2.45. The molecule has 0 spiro atoms. The first-order valence-corrected chi connectivity index (χ1v) is 12.7. The van der Waals surface area contributed by atoms with Crippen LogP contribution in [0.15, 0.2) is 54.3 Å². The number of nitro benzene ring substituents is 1. The highest BCUT2D eigenvalue weighted by Gasteiger charge is 2.34. The second-order valence-corrected chi connectivity index (χ2v) is 9.93. The fourth-order valence-electron chi connectivity index (χ4n) is 5.24. The Bertz CT molecular complexity index is 1510. The van der Waals surface area contributed by atoms with E-state index in [1.165, 1.54) is 18.2 Å². The maximum Gasteiger partial charge on any atom is 0.270 e. The van der Waals surface area contributed by atoms with Crippen LogP contribution in [0.2, 0.25) is 0 Å². The number of nitro groups is 1. The standard InChI is InChI=1S/C29H27N3O7/c1-18-11-23(33)22(29-27(18)28(34)26(39-29)13-19-3-2-4-21(12-19)32(35)36)16-31-9-7-30(8-10-31)15-20-5-6-24-25(14-20)38-17-37-24/h2-6,11-14,33H,7-10,15-17H2,1H3/b26-13-. The first-order valence-electron chi connectivity index (χ1n) is 12.7. The van der Waals surface area contributed by atoms with Gasteiger partial charge in [-0.2, -0.15) is 0 Å². The maximum absolute atomic E-state index is 13.2. The molecule has 3 aromatic carbocycles. The molecule has 0 aliphatic carbocycles. The number of Topliss-reactive ketones (excluding diaryl/α,β-unsaturated/α-hetero) is 1. The molecule has 3 aliphatic rings. The number of carbonyl (C=O) groups excluding carboxylic acids is 1. The molecule has 0 amide bonds. The highest BCUT2D eigenvalue weighted by molar-refractivity contribution is 6.15. The zero-order valence-electron chi connectivity index (χ0n) is 21.4. The number of aromatic hydroxyl groups is 1. The lowest BCUT2D eigenvalue weighted by atomic mass is 9.99. The van der Waals surface area contributed by atoms with Crippen LogP contribution in [-0.2, 0) is 13.1 Å². The van der Waals surface area contributed by atoms with Crippen LogP contribution in [-0.4, -0.2) is 58.6 Å². The van der Waals surface area contributed by atoms with Crippen LogP contribution in [0.3, 0.4) is 0 Å². The van der Waals surface area contributed by atoms with E-state index in [2.05, 4.69) is 15.9 Å². The molecule has 39 heavy (non-hydrogen) atoms. The molecule has 0 saturated carbocycles. The number of rotatable bonds is 6. The molecule has 0 aromatic heterocycles. The molecule has 1 N–H and O–H groups in total. The van der Waals surface area contributed by atoms with Crippen LogP contribution in [0, 0.1) is 17.0 Å². The number of non-ortho nitro benzene ring substituents is 1. The smallest absolute Gasteiger partial charge is 0.270 e. The minimum atomic E-state index is -0.483. The second kappa shape index (κ2) is 10.0. The molecule has 0 unspecified atom stereocenters. The zero-order valence-corrected chi connectivity index (χ0v) is 21.4. The van der Waals surface area contributed by atoms with E-state index in [1.807, 2.05) is 12.1 Å². The van der Waals surface area contributed by atoms with Gasteiger partial charge < -0.3 is 19.3 Å². The molecule has 1 fully saturated rings. The number of aryl methyl sites for hydroxylation is 1. The number of ketones is 1. The lowest BCUT2D eigenvalue weighted by Gasteiger charge is -2.35. The molecular formula is C29H27N3O7. The van der Waals surface area contributed by atoms with Gasteiger partial charge in [0.15, 0.2) is 17.3 Å². The van der Waals surface area contributed by atoms with Gasteiger partial charge in [0.1, 0.15) is 11.5 Å². The van der Waals surface area contributed by atoms with Gasteiger partial charge in [0.2, 0.25) is 12.6 Å². The summed E-state index contributed by atoms with van der Waals surface area (Å²) in [5, 5.41) is 22.0. The molecule has 0 bridgehead atoms. The van der Waals surface area contributed by atoms with Crippen molar-refractivity contribution in [2.45, 2.75) is 20.0 Å². The van der Waals surface area contributed by atoms with Crippen LogP contribution in [0.5, 0.6) is 23.0 Å². The van der Waals surface area contributed by atoms with Gasteiger partial charge in [-0.05, 0) is 47.9 Å². The largest absolute Gasteiger partial charge is 0.507 e. The number of phenolic OH excluding ortho intramolecular Hbond substituents is 1. The lowest BCUT2D eigenvalue weighted by molar-refractivity contribution is -0.384. The van der Waals surface area contributed by atoms with E-state index in [1.54, 1.807) is 25.1 Å². The summed E-state index contributed by atoms with van der Waals surface area (Å²) in [6, 6.07) is 13.6. The summed E-state index contributed by atoms with van der Waals surface area (Å²) < 4.78 is 16.9. The molecule has 0 radical (unpaired) electrons. The van der Waals surface area contributed by atoms with Gasteiger partial charge in [0, 0.05) is 51.4 Å². The summed E-state index contributed by atoms with van der Waals surface area (Å²) in [5.74, 6) is 1.77. The predicted molar refractivity (Wildman–Crippen MR) is 142 cm³/mol. The van der Waals surface area contributed by atoms with Crippen molar-refractivity contribution in [1.29, 1.82) is 0 Å². The Balaban J connectivity index is 1.16. The number of benzene rings is 3. The Morgan fingerprint density at radius 1 is 1.00 bits per heavy atom. The van der Waals surface area contributed by atoms with Crippen molar-refractivity contribution in [2.75, 3.05) is 33.0 Å². The van der Waals surface area contributed by atoms with Gasteiger partial charge in [0.25, 0.3) is 5.69 Å².